The molecule has 1 aromatic carbocycles. The molecule has 0 saturated heterocycles. The van der Waals surface area contributed by atoms with Gasteiger partial charge in [0.05, 0.1) is 0 Å². The third-order valence-electron chi connectivity index (χ3n) is 4.22. The van der Waals surface area contributed by atoms with E-state index in [4.69, 9.17) is 16.6 Å². The van der Waals surface area contributed by atoms with Gasteiger partial charge >= 0.3 is 0 Å². The van der Waals surface area contributed by atoms with Crippen LogP contribution < -0.4 is 0 Å². The van der Waals surface area contributed by atoms with Crippen molar-refractivity contribution in [2.24, 2.45) is 0 Å². The maximum atomic E-state index is 6.33. The summed E-state index contributed by atoms with van der Waals surface area (Å²) in [4.78, 5) is 9.31. The number of aryl methyl sites for hydroxylation is 2. The smallest absolute Gasteiger partial charge is 0.137 e. The number of hydrogen-bond donors (Lipinski definition) is 0. The van der Waals surface area contributed by atoms with Crippen LogP contribution in [0.5, 0.6) is 0 Å². The summed E-state index contributed by atoms with van der Waals surface area (Å²) in [6.07, 6.45) is 4.34. The number of halogens is 1. The van der Waals surface area contributed by atoms with E-state index in [9.17, 15) is 0 Å². The fraction of sp³-hybridized carbons (Fsp3) is 0.412. The summed E-state index contributed by atoms with van der Waals surface area (Å²) in [6, 6.07) is 8.64. The summed E-state index contributed by atoms with van der Waals surface area (Å²) in [5.41, 5.74) is 4.89. The molecule has 0 aliphatic heterocycles. The van der Waals surface area contributed by atoms with E-state index < -0.39 is 0 Å². The normalized spacial score (nSPS) is 17.9. The molecule has 1 aliphatic rings. The average molecular weight is 287 g/mol. The van der Waals surface area contributed by atoms with E-state index in [2.05, 4.69) is 36.2 Å². The number of aromatic nitrogens is 2. The molecular formula is C17H19ClN2. The van der Waals surface area contributed by atoms with Crippen molar-refractivity contribution < 1.29 is 0 Å². The van der Waals surface area contributed by atoms with Gasteiger partial charge in [-0.25, -0.2) is 9.97 Å². The first-order chi connectivity index (χ1) is 9.70. The van der Waals surface area contributed by atoms with E-state index in [0.29, 0.717) is 11.1 Å². The Morgan fingerprint density at radius 2 is 2.05 bits per heavy atom. The van der Waals surface area contributed by atoms with Crippen molar-refractivity contribution in [1.29, 1.82) is 0 Å². The summed E-state index contributed by atoms with van der Waals surface area (Å²) in [7, 11) is 0. The Kier molecular flexibility index (Phi) is 3.75. The number of nitrogens with zero attached hydrogens (tertiary/aromatic N) is 2. The van der Waals surface area contributed by atoms with E-state index in [1.54, 1.807) is 0 Å². The van der Waals surface area contributed by atoms with Crippen molar-refractivity contribution >= 4 is 11.6 Å². The quantitative estimate of drug-likeness (QED) is 0.761. The van der Waals surface area contributed by atoms with Gasteiger partial charge in [-0.3, -0.25) is 0 Å². The second-order valence-electron chi connectivity index (χ2n) is 5.43. The van der Waals surface area contributed by atoms with Gasteiger partial charge < -0.3 is 0 Å². The SMILES string of the molecule is CCc1c(C)nc(C2CCCc3ccccc32)nc1Cl. The van der Waals surface area contributed by atoms with Gasteiger partial charge in [-0.15, -0.1) is 0 Å². The Bertz CT molecular complexity index is 614. The zero-order chi connectivity index (χ0) is 14.1. The lowest BCUT2D eigenvalue weighted by Gasteiger charge is -2.25. The first kappa shape index (κ1) is 13.6. The molecule has 0 spiro atoms. The van der Waals surface area contributed by atoms with Crippen LogP contribution in [0.1, 0.15) is 53.9 Å². The molecular weight excluding hydrogens is 268 g/mol. The van der Waals surface area contributed by atoms with E-state index >= 15 is 0 Å². The molecule has 1 aliphatic carbocycles. The summed E-state index contributed by atoms with van der Waals surface area (Å²) in [5, 5.41) is 0.623. The average Bonchev–Trinajstić information content (AvgIpc) is 2.46. The predicted octanol–water partition coefficient (Wildman–Crippen LogP) is 4.47. The van der Waals surface area contributed by atoms with Gasteiger partial charge in [-0.1, -0.05) is 42.8 Å². The first-order valence-corrected chi connectivity index (χ1v) is 7.69. The minimum atomic E-state index is 0.294. The number of benzene rings is 1. The molecule has 0 radical (unpaired) electrons. The van der Waals surface area contributed by atoms with Crippen molar-refractivity contribution in [1.82, 2.24) is 9.97 Å². The van der Waals surface area contributed by atoms with Gasteiger partial charge in [-0.2, -0.15) is 0 Å². The van der Waals surface area contributed by atoms with Gasteiger partial charge in [0.15, 0.2) is 0 Å². The van der Waals surface area contributed by atoms with Gasteiger partial charge in [0.25, 0.3) is 0 Å². The largest absolute Gasteiger partial charge is 0.237 e. The Morgan fingerprint density at radius 1 is 1.25 bits per heavy atom. The van der Waals surface area contributed by atoms with Gasteiger partial charge in [0.2, 0.25) is 0 Å². The highest BCUT2D eigenvalue weighted by Crippen LogP contribution is 2.35. The highest BCUT2D eigenvalue weighted by atomic mass is 35.5. The van der Waals surface area contributed by atoms with E-state index in [1.165, 1.54) is 17.5 Å². The highest BCUT2D eigenvalue weighted by Gasteiger charge is 2.24. The molecule has 0 saturated carbocycles. The summed E-state index contributed by atoms with van der Waals surface area (Å²) < 4.78 is 0. The van der Waals surface area contributed by atoms with Crippen LogP contribution in [0, 0.1) is 6.92 Å². The molecule has 3 rings (SSSR count). The number of rotatable bonds is 2. The summed E-state index contributed by atoms with van der Waals surface area (Å²) >= 11 is 6.33. The molecule has 104 valence electrons. The standard InChI is InChI=1S/C17H19ClN2/c1-3-13-11(2)19-17(20-16(13)18)15-10-6-8-12-7-4-5-9-14(12)15/h4-5,7,9,15H,3,6,8,10H2,1-2H3. The molecule has 0 bridgehead atoms. The molecule has 3 heteroatoms. The third-order valence-corrected chi connectivity index (χ3v) is 4.53. The van der Waals surface area contributed by atoms with Crippen LogP contribution in [0.2, 0.25) is 5.15 Å². The highest BCUT2D eigenvalue weighted by molar-refractivity contribution is 6.30. The lowest BCUT2D eigenvalue weighted by atomic mass is 9.82. The second kappa shape index (κ2) is 5.53. The number of fused-ring (bicyclic) bond motifs is 1. The van der Waals surface area contributed by atoms with Gasteiger partial charge in [0, 0.05) is 17.2 Å². The molecule has 0 fully saturated rings. The monoisotopic (exact) mass is 286 g/mol. The van der Waals surface area contributed by atoms with Crippen LogP contribution in [-0.4, -0.2) is 9.97 Å². The third kappa shape index (κ3) is 2.33. The molecule has 1 atom stereocenters. The van der Waals surface area contributed by atoms with Crippen LogP contribution in [0.3, 0.4) is 0 Å². The van der Waals surface area contributed by atoms with E-state index in [1.807, 2.05) is 6.92 Å². The molecule has 1 unspecified atom stereocenters. The maximum absolute atomic E-state index is 6.33. The lowest BCUT2D eigenvalue weighted by molar-refractivity contribution is 0.587. The fourth-order valence-corrected chi connectivity index (χ4v) is 3.52. The Hall–Kier alpha value is -1.41. The molecule has 2 aromatic rings. The van der Waals surface area contributed by atoms with Crippen molar-refractivity contribution in [2.45, 2.75) is 45.4 Å². The zero-order valence-electron chi connectivity index (χ0n) is 12.0. The zero-order valence-corrected chi connectivity index (χ0v) is 12.7. The van der Waals surface area contributed by atoms with E-state index in [-0.39, 0.29) is 0 Å². The van der Waals surface area contributed by atoms with Gasteiger partial charge in [0.1, 0.15) is 11.0 Å². The van der Waals surface area contributed by atoms with Crippen LogP contribution in [0.25, 0.3) is 0 Å². The Morgan fingerprint density at radius 3 is 2.80 bits per heavy atom. The summed E-state index contributed by atoms with van der Waals surface area (Å²) in [6.45, 7) is 4.12. The maximum Gasteiger partial charge on any atom is 0.137 e. The topological polar surface area (TPSA) is 25.8 Å². The van der Waals surface area contributed by atoms with Crippen LogP contribution in [-0.2, 0) is 12.8 Å². The van der Waals surface area contributed by atoms with Crippen LogP contribution >= 0.6 is 11.6 Å². The number of hydrogen-bond acceptors (Lipinski definition) is 2. The lowest BCUT2D eigenvalue weighted by Crippen LogP contribution is -2.15. The Labute approximate surface area is 125 Å². The first-order valence-electron chi connectivity index (χ1n) is 7.31. The van der Waals surface area contributed by atoms with Crippen molar-refractivity contribution in [3.63, 3.8) is 0 Å². The van der Waals surface area contributed by atoms with Gasteiger partial charge in [-0.05, 0) is 43.7 Å². The predicted molar refractivity (Wildman–Crippen MR) is 82.4 cm³/mol. The fourth-order valence-electron chi connectivity index (χ4n) is 3.16. The molecule has 20 heavy (non-hydrogen) atoms. The Balaban J connectivity index is 2.07. The second-order valence-corrected chi connectivity index (χ2v) is 5.79. The molecule has 1 aromatic heterocycles. The minimum Gasteiger partial charge on any atom is -0.237 e. The van der Waals surface area contributed by atoms with Crippen LogP contribution in [0.4, 0.5) is 0 Å². The molecule has 1 heterocycles. The summed E-state index contributed by atoms with van der Waals surface area (Å²) in [5.74, 6) is 1.18. The van der Waals surface area contributed by atoms with Crippen molar-refractivity contribution in [3.05, 3.63) is 57.6 Å². The minimum absolute atomic E-state index is 0.294. The van der Waals surface area contributed by atoms with E-state index in [0.717, 1.165) is 36.3 Å². The molecule has 0 amide bonds. The molecule has 2 nitrogen and oxygen atoms in total. The van der Waals surface area contributed by atoms with Crippen molar-refractivity contribution in [3.8, 4) is 0 Å². The molecule has 0 N–H and O–H groups in total. The van der Waals surface area contributed by atoms with Crippen molar-refractivity contribution in [2.75, 3.05) is 0 Å². The van der Waals surface area contributed by atoms with Crippen LogP contribution in [0.15, 0.2) is 24.3 Å².